The number of hydrogen-bond donors (Lipinski definition) is 3. The van der Waals surface area contributed by atoms with Crippen LogP contribution in [0.2, 0.25) is 0 Å². The van der Waals surface area contributed by atoms with E-state index in [2.05, 4.69) is 43.2 Å². The second-order valence-corrected chi connectivity index (χ2v) is 11.6. The Kier molecular flexibility index (Phi) is 6.90. The lowest BCUT2D eigenvalue weighted by Crippen LogP contribution is -2.28. The first-order valence-electron chi connectivity index (χ1n) is 12.5. The van der Waals surface area contributed by atoms with Crippen LogP contribution in [0, 0.1) is 3.70 Å². The fourth-order valence-electron chi connectivity index (χ4n) is 4.93. The molecule has 0 aliphatic heterocycles. The molecule has 0 saturated carbocycles. The van der Waals surface area contributed by atoms with Gasteiger partial charge in [0.25, 0.3) is 0 Å². The van der Waals surface area contributed by atoms with Crippen molar-refractivity contribution in [3.63, 3.8) is 0 Å². The zero-order chi connectivity index (χ0) is 29.2. The molecule has 5 aromatic rings. The van der Waals surface area contributed by atoms with Crippen LogP contribution in [-0.2, 0) is 38.5 Å². The van der Waals surface area contributed by atoms with Gasteiger partial charge in [0.1, 0.15) is 3.70 Å². The Labute approximate surface area is 241 Å². The summed E-state index contributed by atoms with van der Waals surface area (Å²) in [6.45, 7) is 3.40. The monoisotopic (exact) mass is 667 g/mol. The first-order valence-corrected chi connectivity index (χ1v) is 13.6. The normalized spacial score (nSPS) is 15.5. The van der Waals surface area contributed by atoms with Gasteiger partial charge in [-0.3, -0.25) is 14.0 Å². The summed E-state index contributed by atoms with van der Waals surface area (Å²) in [7, 11) is 4.95. The van der Waals surface area contributed by atoms with Crippen molar-refractivity contribution in [3.05, 3.63) is 63.1 Å². The number of benzene rings is 2. The molecule has 3 aromatic heterocycles. The van der Waals surface area contributed by atoms with E-state index in [9.17, 15) is 23.4 Å². The maximum absolute atomic E-state index is 13.4. The van der Waals surface area contributed by atoms with Gasteiger partial charge < -0.3 is 15.5 Å². The molecule has 3 N–H and O–H groups in total. The first kappa shape index (κ1) is 28.4. The average molecular weight is 667 g/mol. The zero-order valence-corrected chi connectivity index (χ0v) is 24.7. The minimum Gasteiger partial charge on any atom is -0.385 e. The van der Waals surface area contributed by atoms with Crippen molar-refractivity contribution in [2.24, 2.45) is 21.1 Å². The Hall–Kier alpha value is -3.17. The van der Waals surface area contributed by atoms with E-state index in [1.807, 2.05) is 25.2 Å². The van der Waals surface area contributed by atoms with E-state index < -0.39 is 23.1 Å². The molecule has 0 aliphatic rings. The van der Waals surface area contributed by atoms with Crippen LogP contribution < -0.4 is 5.32 Å². The lowest BCUT2D eigenvalue weighted by atomic mass is 9.83. The fourth-order valence-corrected chi connectivity index (χ4v) is 5.71. The Bertz CT molecular complexity index is 1730. The highest BCUT2D eigenvalue weighted by atomic mass is 127. The molecule has 2 unspecified atom stereocenters. The second-order valence-electron chi connectivity index (χ2n) is 10.6. The number of aliphatic hydroxyl groups is 2. The van der Waals surface area contributed by atoms with Crippen molar-refractivity contribution < 1.29 is 23.4 Å². The maximum atomic E-state index is 13.4. The van der Waals surface area contributed by atoms with E-state index in [1.54, 1.807) is 48.5 Å². The highest BCUT2D eigenvalue weighted by Gasteiger charge is 2.37. The van der Waals surface area contributed by atoms with Crippen molar-refractivity contribution in [2.75, 3.05) is 5.32 Å². The van der Waals surface area contributed by atoms with Gasteiger partial charge in [0, 0.05) is 38.1 Å². The zero-order valence-electron chi connectivity index (χ0n) is 22.5. The predicted molar refractivity (Wildman–Crippen MR) is 154 cm³/mol. The molecule has 2 atom stereocenters. The van der Waals surface area contributed by atoms with E-state index >= 15 is 0 Å². The quantitative estimate of drug-likeness (QED) is 0.199. The molecule has 0 aliphatic carbocycles. The molecule has 9 nitrogen and oxygen atoms in total. The summed E-state index contributed by atoms with van der Waals surface area (Å²) < 4.78 is 45.6. The van der Waals surface area contributed by atoms with Gasteiger partial charge in [0.15, 0.2) is 11.5 Å². The van der Waals surface area contributed by atoms with Crippen molar-refractivity contribution in [1.82, 2.24) is 29.3 Å². The predicted octanol–water partition coefficient (Wildman–Crippen LogP) is 5.46. The Balaban J connectivity index is 1.38. The summed E-state index contributed by atoms with van der Waals surface area (Å²) in [6, 6.07) is 10.9. The van der Waals surface area contributed by atoms with E-state index in [0.717, 1.165) is 24.8 Å². The van der Waals surface area contributed by atoms with Crippen molar-refractivity contribution in [2.45, 2.75) is 44.1 Å². The van der Waals surface area contributed by atoms with Gasteiger partial charge >= 0.3 is 6.18 Å². The van der Waals surface area contributed by atoms with Gasteiger partial charge in [-0.2, -0.15) is 28.5 Å². The van der Waals surface area contributed by atoms with Gasteiger partial charge in [-0.05, 0) is 84.7 Å². The van der Waals surface area contributed by atoms with Crippen LogP contribution in [0.1, 0.15) is 43.5 Å². The molecule has 212 valence electrons. The number of alkyl halides is 3. The van der Waals surface area contributed by atoms with Gasteiger partial charge in [-0.15, -0.1) is 0 Å². The summed E-state index contributed by atoms with van der Waals surface area (Å²) in [5.74, 6) is 0.241. The molecule has 3 heterocycles. The molecule has 0 amide bonds. The van der Waals surface area contributed by atoms with E-state index in [-0.39, 0.29) is 24.3 Å². The van der Waals surface area contributed by atoms with Crippen LogP contribution in [0.25, 0.3) is 21.8 Å². The van der Waals surface area contributed by atoms with Crippen LogP contribution in [-0.4, -0.2) is 39.6 Å². The molecular weight excluding hydrogens is 638 g/mol. The minimum atomic E-state index is -4.62. The Morgan fingerprint density at radius 1 is 0.825 bits per heavy atom. The summed E-state index contributed by atoms with van der Waals surface area (Å²) in [4.78, 5) is 0. The highest BCUT2D eigenvalue weighted by molar-refractivity contribution is 14.1. The summed E-state index contributed by atoms with van der Waals surface area (Å²) in [6.07, 6.45) is -2.84. The van der Waals surface area contributed by atoms with Gasteiger partial charge in [0.05, 0.1) is 27.9 Å². The first-order chi connectivity index (χ1) is 18.6. The molecule has 2 aromatic carbocycles. The number of aromatic nitrogens is 6. The van der Waals surface area contributed by atoms with Crippen molar-refractivity contribution in [3.8, 4) is 0 Å². The molecule has 5 rings (SSSR count). The fraction of sp³-hybridized carbons (Fsp3) is 0.370. The van der Waals surface area contributed by atoms with Crippen LogP contribution in [0.15, 0.2) is 42.6 Å². The number of halogens is 4. The molecule has 40 heavy (non-hydrogen) atoms. The number of anilines is 2. The molecule has 0 spiro atoms. The number of hydrogen-bond acceptors (Lipinski definition) is 6. The van der Waals surface area contributed by atoms with Gasteiger partial charge in [-0.1, -0.05) is 12.1 Å². The molecular formula is C27H29F3IN7O2. The van der Waals surface area contributed by atoms with Gasteiger partial charge in [-0.25, -0.2) is 0 Å². The van der Waals surface area contributed by atoms with E-state index in [0.29, 0.717) is 16.5 Å². The Morgan fingerprint density at radius 2 is 1.35 bits per heavy atom. The molecule has 0 fully saturated rings. The third kappa shape index (κ3) is 5.17. The van der Waals surface area contributed by atoms with Crippen LogP contribution in [0.4, 0.5) is 24.7 Å². The number of rotatable bonds is 7. The number of fused-ring (bicyclic) bond motifs is 2. The van der Waals surface area contributed by atoms with Crippen molar-refractivity contribution >= 4 is 55.9 Å². The van der Waals surface area contributed by atoms with Gasteiger partial charge in [0.2, 0.25) is 0 Å². The molecule has 13 heteroatoms. The Morgan fingerprint density at radius 3 is 1.93 bits per heavy atom. The summed E-state index contributed by atoms with van der Waals surface area (Å²) in [5, 5.41) is 39.5. The largest absolute Gasteiger partial charge is 0.437 e. The molecule has 0 saturated heterocycles. The second kappa shape index (κ2) is 9.73. The molecule has 0 radical (unpaired) electrons. The summed E-state index contributed by atoms with van der Waals surface area (Å²) >= 11 is 2.18. The highest BCUT2D eigenvalue weighted by Crippen LogP contribution is 2.38. The van der Waals surface area contributed by atoms with Crippen molar-refractivity contribution in [1.29, 1.82) is 0 Å². The van der Waals surface area contributed by atoms with E-state index in [1.165, 1.54) is 13.2 Å². The van der Waals surface area contributed by atoms with Crippen LogP contribution >= 0.6 is 22.6 Å². The number of nitrogens with one attached hydrogen (secondary N) is 1. The van der Waals surface area contributed by atoms with E-state index in [4.69, 9.17) is 0 Å². The number of nitrogens with zero attached hydrogens (tertiary/aromatic N) is 6. The standard InChI is InChI=1S/C27H29F3IN7O2/c1-25(39,15-6-8-17-20(12-15)37(4)34-23(17)31)10-11-26(2,40)16-7-9-18-21(13-16)38(5)35-24(18)32-19-14-36(3)33-22(19)27(28,29)30/h6-9,12-14,39-40H,10-11H2,1-5H3,(H,32,35). The lowest BCUT2D eigenvalue weighted by molar-refractivity contribution is -0.140. The third-order valence-electron chi connectivity index (χ3n) is 7.35. The molecule has 0 bridgehead atoms. The SMILES string of the molecule is Cn1cc(Nc2nn(C)c3cc(C(C)(O)CCC(C)(O)c4ccc5c(I)nn(C)c5c4)ccc23)c(C(F)(F)F)n1. The lowest BCUT2D eigenvalue weighted by Gasteiger charge is -2.30. The number of aryl methyl sites for hydroxylation is 3. The average Bonchev–Trinajstić information content (AvgIpc) is 3.50. The topological polar surface area (TPSA) is 106 Å². The van der Waals surface area contributed by atoms with Crippen LogP contribution in [0.5, 0.6) is 0 Å². The third-order valence-corrected chi connectivity index (χ3v) is 8.15. The van der Waals surface area contributed by atoms with Crippen LogP contribution in [0.3, 0.4) is 0 Å². The minimum absolute atomic E-state index is 0.202. The summed E-state index contributed by atoms with van der Waals surface area (Å²) in [5.41, 5.74) is -0.878. The smallest absolute Gasteiger partial charge is 0.385 e. The maximum Gasteiger partial charge on any atom is 0.437 e.